The summed E-state index contributed by atoms with van der Waals surface area (Å²) in [4.78, 5) is 37.7. The van der Waals surface area contributed by atoms with Gasteiger partial charge in [0.1, 0.15) is 11.2 Å². The molecule has 6 rings (SSSR count). The van der Waals surface area contributed by atoms with Gasteiger partial charge in [0.15, 0.2) is 11.2 Å². The molecule has 0 saturated heterocycles. The van der Waals surface area contributed by atoms with E-state index < -0.39 is 29.2 Å². The van der Waals surface area contributed by atoms with Crippen LogP contribution in [0, 0.1) is 0 Å². The number of oxime groups is 1. The highest BCUT2D eigenvalue weighted by Crippen LogP contribution is 2.40. The molecule has 0 aliphatic carbocycles. The molecule has 0 bridgehead atoms. The Labute approximate surface area is 307 Å². The first-order chi connectivity index (χ1) is 25.3. The van der Waals surface area contributed by atoms with Crippen molar-refractivity contribution < 1.29 is 23.9 Å². The van der Waals surface area contributed by atoms with Gasteiger partial charge in [0.25, 0.3) is 0 Å². The van der Waals surface area contributed by atoms with Crippen molar-refractivity contribution >= 4 is 34.1 Å². The van der Waals surface area contributed by atoms with E-state index in [2.05, 4.69) is 46.9 Å². The minimum atomic E-state index is -1.58. The first kappa shape index (κ1) is 35.8. The molecule has 0 aliphatic rings. The first-order valence-corrected chi connectivity index (χ1v) is 17.8. The van der Waals surface area contributed by atoms with E-state index in [0.717, 1.165) is 27.8 Å². The van der Waals surface area contributed by atoms with E-state index in [-0.39, 0.29) is 18.0 Å². The molecular weight excluding hydrogens is 671 g/mol. The predicted molar refractivity (Wildman–Crippen MR) is 204 cm³/mol. The Balaban J connectivity index is 1.32. The molecule has 52 heavy (non-hydrogen) atoms. The summed E-state index contributed by atoms with van der Waals surface area (Å²) in [5.41, 5.74) is 2.21. The summed E-state index contributed by atoms with van der Waals surface area (Å²) in [5.74, 6) is -1.41. The maximum atomic E-state index is 13.7. The Morgan fingerprint density at radius 3 is 1.60 bits per heavy atom. The average Bonchev–Trinajstić information content (AvgIpc) is 3.65. The van der Waals surface area contributed by atoms with Crippen LogP contribution in [0.3, 0.4) is 0 Å². The van der Waals surface area contributed by atoms with E-state index in [0.29, 0.717) is 5.13 Å². The van der Waals surface area contributed by atoms with E-state index in [4.69, 9.17) is 19.3 Å². The number of ether oxygens (including phenoxy) is 2. The Kier molecular flexibility index (Phi) is 11.2. The SMILES string of the molecule is CCOC(=O)/C(=N\OC(C)(C)C(=O)OC(c1ccccc1)c1ccccc1)c1csc(NC(c2ccccc2)(c2ccccc2)c2ccccc2)n1. The minimum absolute atomic E-state index is 0.105. The van der Waals surface area contributed by atoms with E-state index in [1.165, 1.54) is 25.2 Å². The zero-order valence-corrected chi connectivity index (χ0v) is 30.0. The molecule has 9 heteroatoms. The number of hydrogen-bond acceptors (Lipinski definition) is 9. The third-order valence-electron chi connectivity index (χ3n) is 8.42. The lowest BCUT2D eigenvalue weighted by Gasteiger charge is -2.36. The number of nitrogens with one attached hydrogen (secondary N) is 1. The molecule has 262 valence electrons. The Morgan fingerprint density at radius 1 is 0.712 bits per heavy atom. The van der Waals surface area contributed by atoms with Gasteiger partial charge in [-0.2, -0.15) is 0 Å². The van der Waals surface area contributed by atoms with Gasteiger partial charge in [0.2, 0.25) is 11.3 Å². The molecule has 0 radical (unpaired) electrons. The number of aromatic nitrogens is 1. The van der Waals surface area contributed by atoms with Gasteiger partial charge in [-0.1, -0.05) is 157 Å². The minimum Gasteiger partial charge on any atom is -0.461 e. The van der Waals surface area contributed by atoms with Crippen LogP contribution in [0.15, 0.2) is 162 Å². The van der Waals surface area contributed by atoms with Crippen LogP contribution in [0.4, 0.5) is 5.13 Å². The van der Waals surface area contributed by atoms with Gasteiger partial charge in [-0.05, 0) is 48.6 Å². The predicted octanol–water partition coefficient (Wildman–Crippen LogP) is 8.94. The quantitative estimate of drug-likeness (QED) is 0.0522. The topological polar surface area (TPSA) is 99.1 Å². The zero-order chi connectivity index (χ0) is 36.4. The van der Waals surface area contributed by atoms with Crippen molar-refractivity contribution in [3.05, 3.63) is 191 Å². The van der Waals surface area contributed by atoms with E-state index in [9.17, 15) is 9.59 Å². The fraction of sp³-hybridized carbons (Fsp3) is 0.163. The van der Waals surface area contributed by atoms with Crippen molar-refractivity contribution in [1.29, 1.82) is 0 Å². The molecule has 8 nitrogen and oxygen atoms in total. The van der Waals surface area contributed by atoms with Gasteiger partial charge < -0.3 is 19.6 Å². The van der Waals surface area contributed by atoms with Crippen LogP contribution in [-0.2, 0) is 29.4 Å². The summed E-state index contributed by atoms with van der Waals surface area (Å²) < 4.78 is 11.4. The lowest BCUT2D eigenvalue weighted by molar-refractivity contribution is -0.172. The summed E-state index contributed by atoms with van der Waals surface area (Å²) in [6, 6.07) is 49.3. The van der Waals surface area contributed by atoms with Crippen molar-refractivity contribution in [3.8, 4) is 0 Å². The second-order valence-electron chi connectivity index (χ2n) is 12.4. The number of rotatable bonds is 14. The van der Waals surface area contributed by atoms with Crippen LogP contribution in [-0.4, -0.2) is 34.8 Å². The van der Waals surface area contributed by atoms with Crippen LogP contribution < -0.4 is 5.32 Å². The molecule has 0 unspecified atom stereocenters. The molecule has 0 fully saturated rings. The third kappa shape index (κ3) is 7.95. The van der Waals surface area contributed by atoms with E-state index in [1.807, 2.05) is 115 Å². The molecular formula is C43H39N3O5S. The highest BCUT2D eigenvalue weighted by atomic mass is 32.1. The first-order valence-electron chi connectivity index (χ1n) is 17.0. The molecule has 0 saturated carbocycles. The fourth-order valence-corrected chi connectivity index (χ4v) is 6.55. The summed E-state index contributed by atoms with van der Waals surface area (Å²) in [6.45, 7) is 4.88. The molecule has 5 aromatic carbocycles. The van der Waals surface area contributed by atoms with E-state index in [1.54, 1.807) is 12.3 Å². The summed E-state index contributed by atoms with van der Waals surface area (Å²) >= 11 is 1.31. The Morgan fingerprint density at radius 2 is 1.15 bits per heavy atom. The number of nitrogens with zero attached hydrogens (tertiary/aromatic N) is 2. The smallest absolute Gasteiger partial charge is 0.362 e. The van der Waals surface area contributed by atoms with Crippen LogP contribution in [0.2, 0.25) is 0 Å². The van der Waals surface area contributed by atoms with Crippen molar-refractivity contribution in [2.75, 3.05) is 11.9 Å². The van der Waals surface area contributed by atoms with Gasteiger partial charge in [-0.15, -0.1) is 11.3 Å². The van der Waals surface area contributed by atoms with Crippen LogP contribution in [0.5, 0.6) is 0 Å². The van der Waals surface area contributed by atoms with Gasteiger partial charge >= 0.3 is 11.9 Å². The standard InChI is InChI=1S/C43H39N3O5S/c1-4-49-39(47)37(46-51-42(2,3)40(48)50-38(31-20-10-5-11-21-31)32-22-12-6-13-23-32)36-30-52-41(44-36)45-43(33-24-14-7-15-25-33,34-26-16-8-17-27-34)35-28-18-9-19-29-35/h5-30,38H,4H2,1-3H3,(H,44,45)/b46-37-. The lowest BCUT2D eigenvalue weighted by atomic mass is 9.77. The van der Waals surface area contributed by atoms with Gasteiger partial charge in [-0.3, -0.25) is 0 Å². The molecule has 0 atom stereocenters. The van der Waals surface area contributed by atoms with Gasteiger partial charge in [0, 0.05) is 5.38 Å². The maximum Gasteiger partial charge on any atom is 0.362 e. The highest BCUT2D eigenvalue weighted by molar-refractivity contribution is 7.14. The largest absolute Gasteiger partial charge is 0.461 e. The average molecular weight is 710 g/mol. The molecule has 0 aliphatic heterocycles. The molecule has 1 heterocycles. The van der Waals surface area contributed by atoms with Crippen molar-refractivity contribution in [2.45, 2.75) is 38.0 Å². The number of esters is 2. The third-order valence-corrected chi connectivity index (χ3v) is 9.17. The van der Waals surface area contributed by atoms with Crippen LogP contribution >= 0.6 is 11.3 Å². The lowest BCUT2D eigenvalue weighted by Crippen LogP contribution is -2.38. The van der Waals surface area contributed by atoms with Gasteiger partial charge in [0.05, 0.1) is 6.61 Å². The summed E-state index contributed by atoms with van der Waals surface area (Å²) in [7, 11) is 0. The zero-order valence-electron chi connectivity index (χ0n) is 29.1. The number of benzene rings is 5. The molecule has 0 spiro atoms. The Bertz CT molecular complexity index is 1950. The number of anilines is 1. The second kappa shape index (κ2) is 16.3. The molecule has 0 amide bonds. The number of carbonyl (C=O) groups excluding carboxylic acids is 2. The normalized spacial score (nSPS) is 11.9. The van der Waals surface area contributed by atoms with Crippen molar-refractivity contribution in [3.63, 3.8) is 0 Å². The van der Waals surface area contributed by atoms with Crippen LogP contribution in [0.1, 0.15) is 60.4 Å². The Hall–Kier alpha value is -6.06. The monoisotopic (exact) mass is 709 g/mol. The fourth-order valence-electron chi connectivity index (χ4n) is 5.80. The molecule has 1 N–H and O–H groups in total. The van der Waals surface area contributed by atoms with Crippen molar-refractivity contribution in [1.82, 2.24) is 4.98 Å². The van der Waals surface area contributed by atoms with E-state index >= 15 is 0 Å². The number of thiazole rings is 1. The number of hydrogen-bond donors (Lipinski definition) is 1. The van der Waals surface area contributed by atoms with Crippen LogP contribution in [0.25, 0.3) is 0 Å². The molecule has 6 aromatic rings. The highest BCUT2D eigenvalue weighted by Gasteiger charge is 2.38. The van der Waals surface area contributed by atoms with Crippen molar-refractivity contribution in [2.24, 2.45) is 5.16 Å². The number of carbonyl (C=O) groups is 2. The maximum absolute atomic E-state index is 13.7. The summed E-state index contributed by atoms with van der Waals surface area (Å²) in [6.07, 6.45) is -0.683. The summed E-state index contributed by atoms with van der Waals surface area (Å²) in [5, 5.41) is 10.1. The second-order valence-corrected chi connectivity index (χ2v) is 13.2. The molecule has 1 aromatic heterocycles. The van der Waals surface area contributed by atoms with Gasteiger partial charge in [-0.25, -0.2) is 14.6 Å².